The highest BCUT2D eigenvalue weighted by molar-refractivity contribution is 8.26. The number of carboxylic acid groups (broad SMARTS) is 2. The summed E-state index contributed by atoms with van der Waals surface area (Å²) in [6, 6.07) is 1.75. The molecule has 2 aromatic rings. The van der Waals surface area contributed by atoms with Crippen LogP contribution in [0.25, 0.3) is 6.08 Å². The molecule has 2 heterocycles. The van der Waals surface area contributed by atoms with Gasteiger partial charge in [0, 0.05) is 29.3 Å². The number of nitrogens with zero attached hydrogens (tertiary/aromatic N) is 3. The number of nitro benzene ring substituents is 1. The van der Waals surface area contributed by atoms with Gasteiger partial charge in [0.1, 0.15) is 16.1 Å². The second-order valence-corrected chi connectivity index (χ2v) is 9.23. The van der Waals surface area contributed by atoms with E-state index < -0.39 is 47.7 Å². The van der Waals surface area contributed by atoms with Crippen molar-refractivity contribution in [3.05, 3.63) is 50.4 Å². The van der Waals surface area contributed by atoms with Crippen molar-refractivity contribution < 1.29 is 39.1 Å². The van der Waals surface area contributed by atoms with Crippen LogP contribution in [0.15, 0.2) is 34.7 Å². The molecule has 0 aliphatic carbocycles. The summed E-state index contributed by atoms with van der Waals surface area (Å²) in [4.78, 5) is 62.6. The van der Waals surface area contributed by atoms with E-state index >= 15 is 0 Å². The number of carbonyl (C=O) groups excluding carboxylic acids is 2. The Kier molecular flexibility index (Phi) is 8.10. The molecule has 1 atom stereocenters. The van der Waals surface area contributed by atoms with Crippen LogP contribution < -0.4 is 10.1 Å². The van der Waals surface area contributed by atoms with Crippen LogP contribution in [-0.2, 0) is 19.2 Å². The largest absolute Gasteiger partial charge is 0.483 e. The van der Waals surface area contributed by atoms with Gasteiger partial charge in [-0.05, 0) is 12.1 Å². The van der Waals surface area contributed by atoms with E-state index in [1.165, 1.54) is 29.7 Å². The van der Waals surface area contributed by atoms with E-state index in [2.05, 4.69) is 10.3 Å². The zero-order chi connectivity index (χ0) is 25.7. The highest BCUT2D eigenvalue weighted by Gasteiger charge is 2.41. The Balaban J connectivity index is 1.88. The monoisotopic (exact) mass is 538 g/mol. The predicted molar refractivity (Wildman–Crippen MR) is 128 cm³/mol. The summed E-state index contributed by atoms with van der Waals surface area (Å²) < 4.78 is 5.29. The van der Waals surface area contributed by atoms with Crippen molar-refractivity contribution in [1.82, 2.24) is 9.88 Å². The van der Waals surface area contributed by atoms with Gasteiger partial charge in [-0.1, -0.05) is 24.0 Å². The second-order valence-electron chi connectivity index (χ2n) is 6.66. The number of amides is 2. The molecule has 35 heavy (non-hydrogen) atoms. The lowest BCUT2D eigenvalue weighted by Gasteiger charge is -2.21. The van der Waals surface area contributed by atoms with Gasteiger partial charge in [-0.2, -0.15) is 0 Å². The van der Waals surface area contributed by atoms with Gasteiger partial charge in [-0.25, -0.2) is 9.78 Å². The van der Waals surface area contributed by atoms with E-state index in [1.54, 1.807) is 5.38 Å². The van der Waals surface area contributed by atoms with Crippen molar-refractivity contribution in [3.8, 4) is 5.75 Å². The first-order valence-electron chi connectivity index (χ1n) is 9.39. The molecule has 0 bridgehead atoms. The highest BCUT2D eigenvalue weighted by Crippen LogP contribution is 2.37. The topological polar surface area (TPSA) is 189 Å². The fourth-order valence-electron chi connectivity index (χ4n) is 2.82. The van der Waals surface area contributed by atoms with Crippen LogP contribution in [-0.4, -0.2) is 65.7 Å². The molecule has 1 aliphatic heterocycles. The predicted octanol–water partition coefficient (Wildman–Crippen LogP) is 2.20. The number of carbonyl (C=O) groups is 4. The van der Waals surface area contributed by atoms with Crippen LogP contribution >= 0.6 is 35.3 Å². The third kappa shape index (κ3) is 6.37. The molecule has 1 fully saturated rings. The number of nitrogens with one attached hydrogen (secondary N) is 1. The number of carboxylic acids is 2. The van der Waals surface area contributed by atoms with Crippen LogP contribution in [0.1, 0.15) is 12.0 Å². The van der Waals surface area contributed by atoms with E-state index in [0.717, 1.165) is 12.1 Å². The molecule has 0 saturated carbocycles. The molecule has 3 rings (SSSR count). The van der Waals surface area contributed by atoms with Gasteiger partial charge in [0.15, 0.2) is 11.7 Å². The number of hydrogen-bond acceptors (Lipinski definition) is 11. The molecule has 1 aromatic carbocycles. The van der Waals surface area contributed by atoms with E-state index in [1.807, 2.05) is 0 Å². The number of thioether (sulfide) groups is 1. The van der Waals surface area contributed by atoms with Crippen LogP contribution in [0.5, 0.6) is 5.75 Å². The molecule has 16 heteroatoms. The molecule has 0 spiro atoms. The van der Waals surface area contributed by atoms with Crippen LogP contribution in [0.2, 0.25) is 0 Å². The molecular formula is C19H14N4O9S3. The van der Waals surface area contributed by atoms with Gasteiger partial charge in [0.2, 0.25) is 0 Å². The number of hydrogen-bond donors (Lipinski definition) is 3. The zero-order valence-corrected chi connectivity index (χ0v) is 19.7. The average molecular weight is 539 g/mol. The van der Waals surface area contributed by atoms with Crippen molar-refractivity contribution in [1.29, 1.82) is 0 Å². The number of rotatable bonds is 10. The van der Waals surface area contributed by atoms with Crippen LogP contribution in [0, 0.1) is 10.1 Å². The first-order valence-corrected chi connectivity index (χ1v) is 11.5. The van der Waals surface area contributed by atoms with E-state index in [4.69, 9.17) is 22.1 Å². The summed E-state index contributed by atoms with van der Waals surface area (Å²) >= 11 is 6.97. The second kappa shape index (κ2) is 11.0. The molecule has 3 N–H and O–H groups in total. The smallest absolute Gasteiger partial charge is 0.327 e. The molecule has 2 amide bonds. The molecule has 1 aromatic heterocycles. The SMILES string of the molecule is O=C(O)CC(C(=O)O)N1C(=O)C(=Cc2cc([N+](=O)[O-])ccc2OCC(=O)Nc2nccs2)SC1=S. The number of aliphatic carboxylic acids is 2. The Morgan fingerprint density at radius 3 is 2.69 bits per heavy atom. The lowest BCUT2D eigenvalue weighted by Crippen LogP contribution is -2.45. The lowest BCUT2D eigenvalue weighted by molar-refractivity contribution is -0.384. The number of ether oxygens (including phenoxy) is 1. The van der Waals surface area contributed by atoms with E-state index in [-0.39, 0.29) is 26.2 Å². The molecule has 13 nitrogen and oxygen atoms in total. The van der Waals surface area contributed by atoms with E-state index in [0.29, 0.717) is 21.8 Å². The third-order valence-electron chi connectivity index (χ3n) is 4.32. The summed E-state index contributed by atoms with van der Waals surface area (Å²) in [7, 11) is 0. The Labute approximate surface area is 209 Å². The van der Waals surface area contributed by atoms with Gasteiger partial charge in [-0.15, -0.1) is 11.3 Å². The van der Waals surface area contributed by atoms with Gasteiger partial charge in [-0.3, -0.25) is 34.7 Å². The van der Waals surface area contributed by atoms with Gasteiger partial charge in [0.05, 0.1) is 16.2 Å². The fourth-order valence-corrected chi connectivity index (χ4v) is 4.71. The van der Waals surface area contributed by atoms with Crippen molar-refractivity contribution in [2.45, 2.75) is 12.5 Å². The molecule has 0 radical (unpaired) electrons. The molecule has 1 aliphatic rings. The first-order chi connectivity index (χ1) is 16.6. The summed E-state index contributed by atoms with van der Waals surface area (Å²) in [6.07, 6.45) is 1.81. The normalized spacial score (nSPS) is 15.2. The maximum atomic E-state index is 12.9. The van der Waals surface area contributed by atoms with Crippen LogP contribution in [0.4, 0.5) is 10.8 Å². The number of aromatic nitrogens is 1. The lowest BCUT2D eigenvalue weighted by atomic mass is 10.1. The maximum absolute atomic E-state index is 12.9. The number of thiazole rings is 1. The number of benzene rings is 1. The molecule has 182 valence electrons. The van der Waals surface area contributed by atoms with Gasteiger partial charge >= 0.3 is 11.9 Å². The minimum atomic E-state index is -1.73. The minimum absolute atomic E-state index is 0.0236. The molecule has 1 saturated heterocycles. The zero-order valence-electron chi connectivity index (χ0n) is 17.3. The first kappa shape index (κ1) is 25.7. The summed E-state index contributed by atoms with van der Waals surface area (Å²) in [6.45, 7) is -0.473. The number of anilines is 1. The number of thiocarbonyl (C=S) groups is 1. The summed E-state index contributed by atoms with van der Waals surface area (Å²) in [5, 5.41) is 34.1. The number of nitro groups is 1. The Morgan fingerprint density at radius 1 is 1.34 bits per heavy atom. The Bertz CT molecular complexity index is 1250. The minimum Gasteiger partial charge on any atom is -0.483 e. The van der Waals surface area contributed by atoms with E-state index in [9.17, 15) is 34.4 Å². The number of non-ortho nitro benzene ring substituents is 1. The Morgan fingerprint density at radius 2 is 2.09 bits per heavy atom. The molecular weight excluding hydrogens is 524 g/mol. The van der Waals surface area contributed by atoms with Gasteiger partial charge in [0.25, 0.3) is 17.5 Å². The van der Waals surface area contributed by atoms with Crippen molar-refractivity contribution in [2.24, 2.45) is 0 Å². The van der Waals surface area contributed by atoms with Crippen molar-refractivity contribution in [2.75, 3.05) is 11.9 Å². The highest BCUT2D eigenvalue weighted by atomic mass is 32.2. The van der Waals surface area contributed by atoms with Crippen LogP contribution in [0.3, 0.4) is 0 Å². The average Bonchev–Trinajstić information content (AvgIpc) is 3.38. The summed E-state index contributed by atoms with van der Waals surface area (Å²) in [5.74, 6) is -4.41. The van der Waals surface area contributed by atoms with Gasteiger partial charge < -0.3 is 14.9 Å². The quantitative estimate of drug-likeness (QED) is 0.173. The Hall–Kier alpha value is -3.89. The van der Waals surface area contributed by atoms with Crippen molar-refractivity contribution >= 4 is 80.3 Å². The fraction of sp³-hybridized carbons (Fsp3) is 0.158. The standard InChI is InChI=1S/C19H14N4O9S3/c24-14(21-18-20-3-4-34-18)8-32-12-2-1-10(23(30)31)5-9(12)6-13-16(27)22(19(33)35-13)11(17(28)29)7-15(25)26/h1-6,11H,7-8H2,(H,25,26)(H,28,29)(H,20,21,24). The maximum Gasteiger partial charge on any atom is 0.327 e. The van der Waals surface area contributed by atoms with Crippen molar-refractivity contribution in [3.63, 3.8) is 0 Å². The third-order valence-corrected chi connectivity index (χ3v) is 6.34. The summed E-state index contributed by atoms with van der Waals surface area (Å²) in [5.41, 5.74) is -0.285. The molecule has 1 unspecified atom stereocenters.